The van der Waals surface area contributed by atoms with Crippen LogP contribution in [0.5, 0.6) is 0 Å². The monoisotopic (exact) mass is 1190 g/mol. The number of phosphoric acid groups is 1. The molecule has 0 aromatic heterocycles. The van der Waals surface area contributed by atoms with Crippen LogP contribution in [0.4, 0.5) is 0 Å². The molecule has 9 heteroatoms. The van der Waals surface area contributed by atoms with Crippen LogP contribution in [0.3, 0.4) is 0 Å². The Balaban J connectivity index is 4.06. The van der Waals surface area contributed by atoms with E-state index in [2.05, 4.69) is 104 Å². The maximum Gasteiger partial charge on any atom is 0.268 e. The SMILES string of the molecule is CC/C=C\C/C=C\C/C=C\C/C=C\C/C=C\C/C=C\C/C=C\CCCCCCCCCCCCCCCCCC(=O)NC(COP(=O)([O-])OCC[N+](C)(C)C)C(O)/C=C/CCCCCCCCCCCCCCCCCCCCCCCCC. The van der Waals surface area contributed by atoms with Gasteiger partial charge in [0.15, 0.2) is 0 Å². The van der Waals surface area contributed by atoms with Gasteiger partial charge >= 0.3 is 0 Å². The van der Waals surface area contributed by atoms with Gasteiger partial charge in [-0.25, -0.2) is 0 Å². The lowest BCUT2D eigenvalue weighted by atomic mass is 10.0. The van der Waals surface area contributed by atoms with Gasteiger partial charge < -0.3 is 28.8 Å². The standard InChI is InChI=1S/C75H137N2O6P/c1-6-8-10-12-14-16-18-20-22-24-26-28-30-32-33-34-35-36-37-38-39-40-41-42-43-45-47-49-51-53-55-57-59-61-63-65-67-69-75(79)76-73(72-83-84(80,81)82-71-70-77(3,4)5)74(78)68-66-64-62-60-58-56-54-52-50-48-46-44-31-29-27-25-23-21-19-17-15-13-11-9-7-2/h8,10,14,16,20,22,26,28,32-33,35-36,38-39,66,68,73-74,78H,6-7,9,11-13,15,17-19,21,23-25,27,29-31,34,37,40-65,67,69-72H2,1-5H3,(H-,76,79,80,81)/b10-8-,16-14-,22-20-,28-26-,33-32-,36-35-,39-38-,68-66+. The Morgan fingerprint density at radius 1 is 0.429 bits per heavy atom. The van der Waals surface area contributed by atoms with Crippen molar-refractivity contribution in [3.8, 4) is 0 Å². The van der Waals surface area contributed by atoms with Crippen molar-refractivity contribution < 1.29 is 32.9 Å². The van der Waals surface area contributed by atoms with Crippen molar-refractivity contribution in [3.05, 3.63) is 97.2 Å². The molecule has 0 saturated heterocycles. The summed E-state index contributed by atoms with van der Waals surface area (Å²) in [6, 6.07) is -0.893. The first-order chi connectivity index (χ1) is 41.0. The smallest absolute Gasteiger partial charge is 0.268 e. The van der Waals surface area contributed by atoms with Gasteiger partial charge in [0.1, 0.15) is 13.2 Å². The molecule has 0 saturated carbocycles. The molecule has 3 atom stereocenters. The normalized spacial score (nSPS) is 14.2. The highest BCUT2D eigenvalue weighted by atomic mass is 31.2. The molecule has 0 fully saturated rings. The lowest BCUT2D eigenvalue weighted by Crippen LogP contribution is -2.45. The molecule has 1 amide bonds. The second-order valence-electron chi connectivity index (χ2n) is 25.2. The average molecular weight is 1190 g/mol. The Morgan fingerprint density at radius 2 is 0.726 bits per heavy atom. The lowest BCUT2D eigenvalue weighted by Gasteiger charge is -2.29. The number of allylic oxidation sites excluding steroid dienone is 15. The molecular formula is C75H137N2O6P. The third-order valence-corrected chi connectivity index (χ3v) is 16.8. The first kappa shape index (κ1) is 81.4. The third-order valence-electron chi connectivity index (χ3n) is 15.8. The molecular weight excluding hydrogens is 1060 g/mol. The first-order valence-corrected chi connectivity index (χ1v) is 37.1. The van der Waals surface area contributed by atoms with Crippen LogP contribution in [0.1, 0.15) is 322 Å². The number of phosphoric ester groups is 1. The fourth-order valence-corrected chi connectivity index (χ4v) is 11.0. The summed E-state index contributed by atoms with van der Waals surface area (Å²) in [4.78, 5) is 25.6. The topological polar surface area (TPSA) is 108 Å². The number of hydrogen-bond acceptors (Lipinski definition) is 6. The number of hydrogen-bond donors (Lipinski definition) is 2. The summed E-state index contributed by atoms with van der Waals surface area (Å²) < 4.78 is 23.5. The van der Waals surface area contributed by atoms with Gasteiger partial charge in [-0.05, 0) is 77.0 Å². The van der Waals surface area contributed by atoms with Gasteiger partial charge in [0.05, 0.1) is 39.9 Å². The quantitative estimate of drug-likeness (QED) is 0.0272. The largest absolute Gasteiger partial charge is 0.756 e. The Hall–Kier alpha value is -2.58. The number of aliphatic hydroxyl groups excluding tert-OH is 1. The van der Waals surface area contributed by atoms with Crippen LogP contribution in [0, 0.1) is 0 Å². The van der Waals surface area contributed by atoms with Crippen molar-refractivity contribution in [2.45, 2.75) is 334 Å². The van der Waals surface area contributed by atoms with E-state index in [0.717, 1.165) is 83.5 Å². The molecule has 84 heavy (non-hydrogen) atoms. The van der Waals surface area contributed by atoms with E-state index in [0.29, 0.717) is 17.4 Å². The van der Waals surface area contributed by atoms with Crippen LogP contribution < -0.4 is 10.2 Å². The zero-order valence-electron chi connectivity index (χ0n) is 55.8. The molecule has 0 aliphatic heterocycles. The van der Waals surface area contributed by atoms with Crippen molar-refractivity contribution in [2.24, 2.45) is 0 Å². The highest BCUT2D eigenvalue weighted by Gasteiger charge is 2.23. The minimum absolute atomic E-state index is 0.00301. The van der Waals surface area contributed by atoms with Crippen molar-refractivity contribution in [3.63, 3.8) is 0 Å². The highest BCUT2D eigenvalue weighted by molar-refractivity contribution is 7.45. The van der Waals surface area contributed by atoms with Gasteiger partial charge in [0.25, 0.3) is 7.82 Å². The summed E-state index contributed by atoms with van der Waals surface area (Å²) in [5.74, 6) is -0.196. The van der Waals surface area contributed by atoms with E-state index >= 15 is 0 Å². The van der Waals surface area contributed by atoms with E-state index < -0.39 is 20.0 Å². The second-order valence-corrected chi connectivity index (χ2v) is 26.6. The van der Waals surface area contributed by atoms with Crippen LogP contribution in [-0.4, -0.2) is 68.5 Å². The summed E-state index contributed by atoms with van der Waals surface area (Å²) in [5, 5.41) is 14.0. The fraction of sp³-hybridized carbons (Fsp3) is 0.773. The Labute approximate surface area is 521 Å². The maximum atomic E-state index is 13.0. The number of amides is 1. The molecule has 0 radical (unpaired) electrons. The minimum Gasteiger partial charge on any atom is -0.756 e. The van der Waals surface area contributed by atoms with Crippen molar-refractivity contribution in [2.75, 3.05) is 40.9 Å². The van der Waals surface area contributed by atoms with E-state index in [1.807, 2.05) is 27.2 Å². The van der Waals surface area contributed by atoms with Crippen LogP contribution in [0.25, 0.3) is 0 Å². The number of nitrogens with zero attached hydrogens (tertiary/aromatic N) is 1. The second kappa shape index (κ2) is 64.9. The molecule has 0 aliphatic carbocycles. The predicted molar refractivity (Wildman–Crippen MR) is 366 cm³/mol. The molecule has 0 aromatic rings. The molecule has 0 heterocycles. The molecule has 0 spiro atoms. The van der Waals surface area contributed by atoms with Crippen molar-refractivity contribution >= 4 is 13.7 Å². The van der Waals surface area contributed by atoms with Crippen molar-refractivity contribution in [1.29, 1.82) is 0 Å². The van der Waals surface area contributed by atoms with Crippen molar-refractivity contribution in [1.82, 2.24) is 5.32 Å². The summed E-state index contributed by atoms with van der Waals surface area (Å²) >= 11 is 0. The Kier molecular flexibility index (Phi) is 62.9. The van der Waals surface area contributed by atoms with Gasteiger partial charge in [-0.3, -0.25) is 9.36 Å². The minimum atomic E-state index is -4.61. The number of rotatable bonds is 65. The number of carbonyl (C=O) groups is 1. The maximum absolute atomic E-state index is 13.0. The van der Waals surface area contributed by atoms with E-state index in [-0.39, 0.29) is 19.1 Å². The molecule has 488 valence electrons. The summed E-state index contributed by atoms with van der Waals surface area (Å²) in [6.07, 6.45) is 93.8. The Morgan fingerprint density at radius 3 is 1.06 bits per heavy atom. The molecule has 3 unspecified atom stereocenters. The third kappa shape index (κ3) is 66.9. The van der Waals surface area contributed by atoms with E-state index in [1.165, 1.54) is 218 Å². The first-order valence-electron chi connectivity index (χ1n) is 35.6. The van der Waals surface area contributed by atoms with E-state index in [4.69, 9.17) is 9.05 Å². The van der Waals surface area contributed by atoms with Gasteiger partial charge in [0, 0.05) is 6.42 Å². The Bertz CT molecular complexity index is 1690. The van der Waals surface area contributed by atoms with Gasteiger partial charge in [-0.2, -0.15) is 0 Å². The summed E-state index contributed by atoms with van der Waals surface area (Å²) in [6.45, 7) is 4.57. The van der Waals surface area contributed by atoms with Crippen LogP contribution in [-0.2, 0) is 18.4 Å². The number of likely N-dealkylation sites (N-methyl/N-ethyl adjacent to an activating group) is 1. The lowest BCUT2D eigenvalue weighted by molar-refractivity contribution is -0.870. The number of aliphatic hydroxyl groups is 1. The molecule has 0 aliphatic rings. The molecule has 8 nitrogen and oxygen atoms in total. The van der Waals surface area contributed by atoms with E-state index in [1.54, 1.807) is 6.08 Å². The summed E-state index contributed by atoms with van der Waals surface area (Å²) in [7, 11) is 1.26. The molecule has 0 rings (SSSR count). The number of unbranched alkanes of at least 4 members (excludes halogenated alkanes) is 38. The summed E-state index contributed by atoms with van der Waals surface area (Å²) in [5.41, 5.74) is 0. The van der Waals surface area contributed by atoms with Crippen LogP contribution in [0.15, 0.2) is 97.2 Å². The van der Waals surface area contributed by atoms with Gasteiger partial charge in [0.2, 0.25) is 5.91 Å². The highest BCUT2D eigenvalue weighted by Crippen LogP contribution is 2.38. The number of quaternary nitrogens is 1. The van der Waals surface area contributed by atoms with Crippen LogP contribution >= 0.6 is 7.82 Å². The molecule has 2 N–H and O–H groups in total. The number of carbonyl (C=O) groups excluding carboxylic acids is 1. The van der Waals surface area contributed by atoms with Gasteiger partial charge in [-0.15, -0.1) is 0 Å². The van der Waals surface area contributed by atoms with E-state index in [9.17, 15) is 19.4 Å². The van der Waals surface area contributed by atoms with Gasteiger partial charge in [-0.1, -0.05) is 336 Å². The van der Waals surface area contributed by atoms with Crippen LogP contribution in [0.2, 0.25) is 0 Å². The average Bonchev–Trinajstić information content (AvgIpc) is 3.56. The molecule has 0 bridgehead atoms. The number of nitrogens with one attached hydrogen (secondary N) is 1. The zero-order valence-corrected chi connectivity index (χ0v) is 56.7. The molecule has 0 aromatic carbocycles. The predicted octanol–water partition coefficient (Wildman–Crippen LogP) is 22.3. The fourth-order valence-electron chi connectivity index (χ4n) is 10.3. The zero-order chi connectivity index (χ0) is 61.2.